The summed E-state index contributed by atoms with van der Waals surface area (Å²) in [6.07, 6.45) is -1.46. The molecule has 2 aromatic rings. The van der Waals surface area contributed by atoms with Gasteiger partial charge < -0.3 is 25.6 Å². The Labute approximate surface area is 204 Å². The van der Waals surface area contributed by atoms with E-state index in [1.54, 1.807) is 6.92 Å². The fourth-order valence-electron chi connectivity index (χ4n) is 4.86. The summed E-state index contributed by atoms with van der Waals surface area (Å²) in [6.45, 7) is 4.77. The molecule has 0 spiro atoms. The van der Waals surface area contributed by atoms with Gasteiger partial charge >= 0.3 is 6.18 Å². The van der Waals surface area contributed by atoms with Crippen LogP contribution in [0.5, 0.6) is 0 Å². The van der Waals surface area contributed by atoms with Gasteiger partial charge in [0.15, 0.2) is 0 Å². The molecule has 2 aromatic carbocycles. The number of para-hydroxylation sites is 1. The molecule has 1 heterocycles. The molecule has 1 saturated carbocycles. The van der Waals surface area contributed by atoms with Crippen molar-refractivity contribution >= 4 is 23.0 Å². The van der Waals surface area contributed by atoms with Gasteiger partial charge in [0.2, 0.25) is 5.91 Å². The van der Waals surface area contributed by atoms with Gasteiger partial charge in [0.1, 0.15) is 6.61 Å². The van der Waals surface area contributed by atoms with Gasteiger partial charge in [-0.3, -0.25) is 4.79 Å². The Morgan fingerprint density at radius 1 is 1.06 bits per heavy atom. The van der Waals surface area contributed by atoms with Crippen LogP contribution in [0.1, 0.15) is 36.8 Å². The molecule has 3 N–H and O–H groups in total. The third-order valence-electron chi connectivity index (χ3n) is 6.93. The number of hydrogen-bond acceptors (Lipinski definition) is 5. The van der Waals surface area contributed by atoms with Gasteiger partial charge in [-0.25, -0.2) is 0 Å². The molecular formula is C26H33F3N4O2. The molecule has 1 amide bonds. The number of nitrogens with two attached hydrogens (primary N) is 1. The van der Waals surface area contributed by atoms with E-state index in [0.29, 0.717) is 24.3 Å². The van der Waals surface area contributed by atoms with Gasteiger partial charge in [0, 0.05) is 49.3 Å². The summed E-state index contributed by atoms with van der Waals surface area (Å²) >= 11 is 0. The molecule has 1 aliphatic heterocycles. The second kappa shape index (κ2) is 10.8. The second-order valence-corrected chi connectivity index (χ2v) is 9.38. The summed E-state index contributed by atoms with van der Waals surface area (Å²) in [5.41, 5.74) is 6.82. The Hall–Kier alpha value is -2.94. The van der Waals surface area contributed by atoms with Crippen molar-refractivity contribution in [2.75, 3.05) is 48.7 Å². The lowest BCUT2D eigenvalue weighted by Crippen LogP contribution is -2.50. The van der Waals surface area contributed by atoms with E-state index < -0.39 is 11.7 Å². The lowest BCUT2D eigenvalue weighted by molar-refractivity contribution is -0.139. The van der Waals surface area contributed by atoms with Crippen LogP contribution in [-0.2, 0) is 15.7 Å². The summed E-state index contributed by atoms with van der Waals surface area (Å²) in [6, 6.07) is 12.7. The maximum absolute atomic E-state index is 13.2. The van der Waals surface area contributed by atoms with Crippen LogP contribution in [0, 0.1) is 6.92 Å². The van der Waals surface area contributed by atoms with E-state index in [1.165, 1.54) is 11.8 Å². The minimum atomic E-state index is -4.49. The maximum Gasteiger partial charge on any atom is 0.418 e. The lowest BCUT2D eigenvalue weighted by atomic mass is 9.92. The number of piperazine rings is 1. The van der Waals surface area contributed by atoms with Gasteiger partial charge in [0.05, 0.1) is 11.7 Å². The molecule has 0 radical (unpaired) electrons. The van der Waals surface area contributed by atoms with Crippen molar-refractivity contribution in [3.8, 4) is 0 Å². The van der Waals surface area contributed by atoms with E-state index in [0.717, 1.165) is 44.8 Å². The van der Waals surface area contributed by atoms with Crippen molar-refractivity contribution in [1.29, 1.82) is 0 Å². The normalized spacial score (nSPS) is 21.1. The smallest absolute Gasteiger partial charge is 0.398 e. The molecule has 4 rings (SSSR count). The zero-order valence-electron chi connectivity index (χ0n) is 20.0. The summed E-state index contributed by atoms with van der Waals surface area (Å²) in [7, 11) is 0. The van der Waals surface area contributed by atoms with E-state index in [4.69, 9.17) is 10.5 Å². The van der Waals surface area contributed by atoms with Crippen LogP contribution >= 0.6 is 0 Å². The first-order valence-electron chi connectivity index (χ1n) is 12.1. The number of nitrogen functional groups attached to an aromatic ring is 1. The van der Waals surface area contributed by atoms with Crippen molar-refractivity contribution in [2.24, 2.45) is 0 Å². The average molecular weight is 491 g/mol. The van der Waals surface area contributed by atoms with Crippen molar-refractivity contribution < 1.29 is 22.7 Å². The Kier molecular flexibility index (Phi) is 7.74. The molecule has 0 aromatic heterocycles. The highest BCUT2D eigenvalue weighted by Gasteiger charge is 2.34. The SMILES string of the molecule is Cc1cc(N)c(C(F)(F)F)cc1NC1CCC(OCC(=O)N2CCN(c3ccccc3)CC2)CC1. The van der Waals surface area contributed by atoms with Crippen LogP contribution in [0.2, 0.25) is 0 Å². The highest BCUT2D eigenvalue weighted by molar-refractivity contribution is 5.77. The minimum absolute atomic E-state index is 0.00939. The number of nitrogens with zero attached hydrogens (tertiary/aromatic N) is 2. The first-order chi connectivity index (χ1) is 16.7. The molecular weight excluding hydrogens is 457 g/mol. The Bertz CT molecular complexity index is 1000. The van der Waals surface area contributed by atoms with Gasteiger partial charge in [-0.2, -0.15) is 13.2 Å². The molecule has 35 heavy (non-hydrogen) atoms. The van der Waals surface area contributed by atoms with E-state index in [-0.39, 0.29) is 30.3 Å². The monoisotopic (exact) mass is 490 g/mol. The number of aryl methyl sites for hydroxylation is 1. The highest BCUT2D eigenvalue weighted by atomic mass is 19.4. The standard InChI is InChI=1S/C26H33F3N4O2/c1-18-15-23(30)22(26(27,28)29)16-24(18)31-19-7-9-21(10-8-19)35-17-25(34)33-13-11-32(12-14-33)20-5-3-2-4-6-20/h2-6,15-16,19,21,31H,7-14,17,30H2,1H3. The Morgan fingerprint density at radius 3 is 2.34 bits per heavy atom. The van der Waals surface area contributed by atoms with Crippen LogP contribution in [0.3, 0.4) is 0 Å². The topological polar surface area (TPSA) is 70.8 Å². The summed E-state index contributed by atoms with van der Waals surface area (Å²) in [5.74, 6) is 0.00939. The quantitative estimate of drug-likeness (QED) is 0.576. The average Bonchev–Trinajstić information content (AvgIpc) is 2.85. The van der Waals surface area contributed by atoms with Crippen LogP contribution in [0.15, 0.2) is 42.5 Å². The van der Waals surface area contributed by atoms with Crippen LogP contribution in [0.25, 0.3) is 0 Å². The zero-order valence-corrected chi connectivity index (χ0v) is 20.0. The van der Waals surface area contributed by atoms with Crippen molar-refractivity contribution in [3.05, 3.63) is 53.6 Å². The predicted octanol–water partition coefficient (Wildman–Crippen LogP) is 4.68. The molecule has 2 fully saturated rings. The predicted molar refractivity (Wildman–Crippen MR) is 131 cm³/mol. The first kappa shape index (κ1) is 25.2. The third kappa shape index (κ3) is 6.39. The number of alkyl halides is 3. The van der Waals surface area contributed by atoms with E-state index in [9.17, 15) is 18.0 Å². The number of rotatable bonds is 6. The third-order valence-corrected chi connectivity index (χ3v) is 6.93. The van der Waals surface area contributed by atoms with Crippen molar-refractivity contribution in [2.45, 2.75) is 50.9 Å². The summed E-state index contributed by atoms with van der Waals surface area (Å²) < 4.78 is 45.6. The molecule has 6 nitrogen and oxygen atoms in total. The number of nitrogens with one attached hydrogen (secondary N) is 1. The maximum atomic E-state index is 13.2. The van der Waals surface area contributed by atoms with Gasteiger partial charge in [-0.15, -0.1) is 0 Å². The molecule has 190 valence electrons. The number of carbonyl (C=O) groups excluding carboxylic acids is 1. The number of anilines is 3. The van der Waals surface area contributed by atoms with Gasteiger partial charge in [-0.05, 0) is 62.4 Å². The number of halogens is 3. The number of ether oxygens (including phenoxy) is 1. The summed E-state index contributed by atoms with van der Waals surface area (Å²) in [4.78, 5) is 16.8. The van der Waals surface area contributed by atoms with Crippen LogP contribution in [0.4, 0.5) is 30.2 Å². The van der Waals surface area contributed by atoms with Crippen LogP contribution in [-0.4, -0.2) is 55.7 Å². The molecule has 0 unspecified atom stereocenters. The van der Waals surface area contributed by atoms with E-state index in [2.05, 4.69) is 22.3 Å². The first-order valence-corrected chi connectivity index (χ1v) is 12.1. The highest BCUT2D eigenvalue weighted by Crippen LogP contribution is 2.37. The number of amides is 1. The molecule has 0 atom stereocenters. The minimum Gasteiger partial charge on any atom is -0.398 e. The lowest BCUT2D eigenvalue weighted by Gasteiger charge is -2.36. The molecule has 9 heteroatoms. The van der Waals surface area contributed by atoms with Crippen molar-refractivity contribution in [3.63, 3.8) is 0 Å². The number of benzene rings is 2. The summed E-state index contributed by atoms with van der Waals surface area (Å²) in [5, 5.41) is 3.25. The largest absolute Gasteiger partial charge is 0.418 e. The Balaban J connectivity index is 1.20. The number of carbonyl (C=O) groups is 1. The van der Waals surface area contributed by atoms with E-state index >= 15 is 0 Å². The molecule has 1 saturated heterocycles. The van der Waals surface area contributed by atoms with Gasteiger partial charge in [-0.1, -0.05) is 18.2 Å². The Morgan fingerprint density at radius 2 is 1.71 bits per heavy atom. The van der Waals surface area contributed by atoms with Crippen LogP contribution < -0.4 is 16.0 Å². The van der Waals surface area contributed by atoms with E-state index in [1.807, 2.05) is 23.1 Å². The number of hydrogen-bond donors (Lipinski definition) is 2. The van der Waals surface area contributed by atoms with Gasteiger partial charge in [0.25, 0.3) is 0 Å². The molecule has 1 aliphatic carbocycles. The fraction of sp³-hybridized carbons (Fsp3) is 0.500. The molecule has 0 bridgehead atoms. The molecule has 2 aliphatic rings. The second-order valence-electron chi connectivity index (χ2n) is 9.38. The fourth-order valence-corrected chi connectivity index (χ4v) is 4.86. The zero-order chi connectivity index (χ0) is 25.0. The van der Waals surface area contributed by atoms with Crippen molar-refractivity contribution in [1.82, 2.24) is 4.90 Å².